The molecule has 1 aliphatic heterocycles. The third-order valence-corrected chi connectivity index (χ3v) is 6.68. The van der Waals surface area contributed by atoms with Crippen molar-refractivity contribution in [1.82, 2.24) is 0 Å². The molecule has 106 valence electrons. The van der Waals surface area contributed by atoms with E-state index in [2.05, 4.69) is 23.5 Å². The minimum absolute atomic E-state index is 0.898. The Labute approximate surface area is 122 Å². The maximum absolute atomic E-state index is 3.56. The number of hydrogen-bond acceptors (Lipinski definition) is 1. The lowest BCUT2D eigenvalue weighted by atomic mass is 9.50. The fourth-order valence-corrected chi connectivity index (χ4v) is 6.17. The van der Waals surface area contributed by atoms with Gasteiger partial charge in [0.2, 0.25) is 0 Å². The summed E-state index contributed by atoms with van der Waals surface area (Å²) < 4.78 is 0. The van der Waals surface area contributed by atoms with Crippen molar-refractivity contribution in [1.29, 1.82) is 0 Å². The highest BCUT2D eigenvalue weighted by Crippen LogP contribution is 2.59. The summed E-state index contributed by atoms with van der Waals surface area (Å²) in [5.74, 6) is 5.11. The third kappa shape index (κ3) is 1.68. The normalized spacial score (nSPS) is 41.3. The zero-order valence-corrected chi connectivity index (χ0v) is 12.3. The predicted molar refractivity (Wildman–Crippen MR) is 83.0 cm³/mol. The summed E-state index contributed by atoms with van der Waals surface area (Å²) in [6.45, 7) is 1.16. The quantitative estimate of drug-likeness (QED) is 0.785. The van der Waals surface area contributed by atoms with Gasteiger partial charge in [-0.05, 0) is 91.7 Å². The summed E-state index contributed by atoms with van der Waals surface area (Å²) in [6.07, 6.45) is 10.3. The Balaban J connectivity index is 1.50. The van der Waals surface area contributed by atoms with E-state index in [1.54, 1.807) is 17.5 Å². The van der Waals surface area contributed by atoms with Gasteiger partial charge in [-0.15, -0.1) is 0 Å². The van der Waals surface area contributed by atoms with Gasteiger partial charge in [0.15, 0.2) is 0 Å². The van der Waals surface area contributed by atoms with Crippen molar-refractivity contribution in [3.8, 4) is 0 Å². The number of rotatable bonds is 1. The first kappa shape index (κ1) is 11.7. The van der Waals surface area contributed by atoms with E-state index < -0.39 is 0 Å². The Morgan fingerprint density at radius 1 is 0.900 bits per heavy atom. The lowest BCUT2D eigenvalue weighted by Gasteiger charge is -2.54. The van der Waals surface area contributed by atoms with Crippen LogP contribution < -0.4 is 5.32 Å². The van der Waals surface area contributed by atoms with Gasteiger partial charge in [0, 0.05) is 12.2 Å². The van der Waals surface area contributed by atoms with Crippen molar-refractivity contribution in [3.05, 3.63) is 29.3 Å². The second kappa shape index (κ2) is 4.26. The molecule has 1 aromatic carbocycles. The lowest BCUT2D eigenvalue weighted by molar-refractivity contribution is -0.00279. The van der Waals surface area contributed by atoms with Crippen molar-refractivity contribution in [3.63, 3.8) is 0 Å². The average Bonchev–Trinajstić information content (AvgIpc) is 2.46. The predicted octanol–water partition coefficient (Wildman–Crippen LogP) is 4.58. The van der Waals surface area contributed by atoms with E-state index in [0.29, 0.717) is 0 Å². The van der Waals surface area contributed by atoms with Crippen molar-refractivity contribution < 1.29 is 0 Å². The van der Waals surface area contributed by atoms with Crippen molar-refractivity contribution in [2.45, 2.75) is 50.9 Å². The molecule has 4 saturated carbocycles. The van der Waals surface area contributed by atoms with E-state index in [9.17, 15) is 0 Å². The molecule has 0 aromatic heterocycles. The van der Waals surface area contributed by atoms with Gasteiger partial charge in [-0.25, -0.2) is 0 Å². The van der Waals surface area contributed by atoms with E-state index in [4.69, 9.17) is 0 Å². The Kier molecular flexibility index (Phi) is 2.48. The second-order valence-corrected chi connectivity index (χ2v) is 7.90. The van der Waals surface area contributed by atoms with Gasteiger partial charge in [0.05, 0.1) is 0 Å². The molecule has 0 radical (unpaired) electrons. The molecule has 0 spiro atoms. The molecule has 5 aliphatic rings. The molecule has 1 nitrogen and oxygen atoms in total. The zero-order valence-electron chi connectivity index (χ0n) is 12.3. The van der Waals surface area contributed by atoms with E-state index in [1.165, 1.54) is 44.2 Å². The van der Waals surface area contributed by atoms with E-state index in [-0.39, 0.29) is 0 Å². The van der Waals surface area contributed by atoms with Crippen LogP contribution in [0, 0.1) is 23.7 Å². The van der Waals surface area contributed by atoms with Gasteiger partial charge in [0.1, 0.15) is 0 Å². The molecular formula is C19H25N. The molecule has 1 heteroatoms. The molecule has 1 heterocycles. The molecule has 0 amide bonds. The first-order valence-corrected chi connectivity index (χ1v) is 8.73. The van der Waals surface area contributed by atoms with Crippen molar-refractivity contribution >= 4 is 5.69 Å². The molecule has 0 saturated heterocycles. The monoisotopic (exact) mass is 267 g/mol. The second-order valence-electron chi connectivity index (χ2n) is 7.90. The van der Waals surface area contributed by atoms with Crippen LogP contribution in [-0.2, 0) is 6.42 Å². The number of nitrogens with one attached hydrogen (secondary N) is 1. The first-order chi connectivity index (χ1) is 9.87. The van der Waals surface area contributed by atoms with Gasteiger partial charge in [-0.1, -0.05) is 12.1 Å². The summed E-state index contributed by atoms with van der Waals surface area (Å²) in [5.41, 5.74) is 4.67. The highest BCUT2D eigenvalue weighted by Gasteiger charge is 2.48. The molecule has 4 bridgehead atoms. The molecule has 0 atom stereocenters. The summed E-state index contributed by atoms with van der Waals surface area (Å²) >= 11 is 0. The average molecular weight is 267 g/mol. The molecule has 4 fully saturated rings. The minimum Gasteiger partial charge on any atom is -0.385 e. The number of benzene rings is 1. The third-order valence-electron chi connectivity index (χ3n) is 6.68. The van der Waals surface area contributed by atoms with E-state index in [0.717, 1.165) is 36.1 Å². The molecule has 1 aromatic rings. The summed E-state index contributed by atoms with van der Waals surface area (Å²) in [6, 6.07) is 7.38. The fraction of sp³-hybridized carbons (Fsp3) is 0.684. The molecule has 0 unspecified atom stereocenters. The molecule has 4 aliphatic carbocycles. The molecular weight excluding hydrogens is 242 g/mol. The van der Waals surface area contributed by atoms with Crippen LogP contribution in [0.1, 0.15) is 55.6 Å². The highest BCUT2D eigenvalue weighted by atomic mass is 14.9. The zero-order chi connectivity index (χ0) is 13.1. The molecule has 1 N–H and O–H groups in total. The minimum atomic E-state index is 0.898. The highest BCUT2D eigenvalue weighted by molar-refractivity contribution is 5.55. The summed E-state index contributed by atoms with van der Waals surface area (Å²) in [7, 11) is 0. The van der Waals surface area contributed by atoms with Crippen LogP contribution in [0.3, 0.4) is 0 Å². The Hall–Kier alpha value is -0.980. The smallest absolute Gasteiger partial charge is 0.0372 e. The van der Waals surface area contributed by atoms with Crippen LogP contribution in [0.25, 0.3) is 0 Å². The first-order valence-electron chi connectivity index (χ1n) is 8.73. The summed E-state index contributed by atoms with van der Waals surface area (Å²) in [5, 5.41) is 3.56. The van der Waals surface area contributed by atoms with Crippen LogP contribution in [-0.4, -0.2) is 6.54 Å². The van der Waals surface area contributed by atoms with Gasteiger partial charge in [0.25, 0.3) is 0 Å². The van der Waals surface area contributed by atoms with E-state index in [1.807, 2.05) is 0 Å². The number of aryl methyl sites for hydroxylation is 1. The van der Waals surface area contributed by atoms with Crippen LogP contribution in [0.15, 0.2) is 18.2 Å². The number of anilines is 1. The molecule has 6 rings (SSSR count). The van der Waals surface area contributed by atoms with Gasteiger partial charge < -0.3 is 5.32 Å². The largest absolute Gasteiger partial charge is 0.385 e. The van der Waals surface area contributed by atoms with Gasteiger partial charge in [-0.2, -0.15) is 0 Å². The van der Waals surface area contributed by atoms with Crippen LogP contribution in [0.2, 0.25) is 0 Å². The van der Waals surface area contributed by atoms with Crippen molar-refractivity contribution in [2.75, 3.05) is 11.9 Å². The SMILES string of the molecule is c1cc2c(cc1C1C3CC4CC(C3)CC1C4)CCCN2. The standard InChI is InChI=1S/C19H25N/c1-2-14-11-15(3-4-18(14)20-5-1)19-16-7-12-6-13(9-16)10-17(19)8-12/h3-4,11-13,16-17,19-20H,1-2,5-10H2. The Morgan fingerprint density at radius 3 is 2.40 bits per heavy atom. The van der Waals surface area contributed by atoms with E-state index >= 15 is 0 Å². The number of hydrogen-bond donors (Lipinski definition) is 1. The van der Waals surface area contributed by atoms with Crippen molar-refractivity contribution in [2.24, 2.45) is 23.7 Å². The topological polar surface area (TPSA) is 12.0 Å². The lowest BCUT2D eigenvalue weighted by Crippen LogP contribution is -2.43. The van der Waals surface area contributed by atoms with Crippen LogP contribution in [0.4, 0.5) is 5.69 Å². The van der Waals surface area contributed by atoms with Crippen LogP contribution >= 0.6 is 0 Å². The Bertz CT molecular complexity index is 505. The maximum atomic E-state index is 3.56. The number of fused-ring (bicyclic) bond motifs is 1. The van der Waals surface area contributed by atoms with Gasteiger partial charge >= 0.3 is 0 Å². The summed E-state index contributed by atoms with van der Waals surface area (Å²) in [4.78, 5) is 0. The Morgan fingerprint density at radius 2 is 1.65 bits per heavy atom. The molecule has 20 heavy (non-hydrogen) atoms. The fourth-order valence-electron chi connectivity index (χ4n) is 6.17. The van der Waals surface area contributed by atoms with Crippen LogP contribution in [0.5, 0.6) is 0 Å². The maximum Gasteiger partial charge on any atom is 0.0372 e. The van der Waals surface area contributed by atoms with Gasteiger partial charge in [-0.3, -0.25) is 0 Å².